The van der Waals surface area contributed by atoms with Crippen LogP contribution in [0.1, 0.15) is 52.4 Å². The lowest BCUT2D eigenvalue weighted by molar-refractivity contribution is 0.0947. The molecule has 0 radical (unpaired) electrons. The molecular formula is C28H34N2O4S. The summed E-state index contributed by atoms with van der Waals surface area (Å²) in [6.45, 7) is 9.11. The van der Waals surface area contributed by atoms with E-state index in [1.807, 2.05) is 56.3 Å². The highest BCUT2D eigenvalue weighted by molar-refractivity contribution is 7.92. The van der Waals surface area contributed by atoms with Gasteiger partial charge < -0.3 is 10.1 Å². The van der Waals surface area contributed by atoms with Crippen molar-refractivity contribution in [3.63, 3.8) is 0 Å². The van der Waals surface area contributed by atoms with Gasteiger partial charge in [0.05, 0.1) is 25.0 Å². The number of sulfonamides is 1. The molecule has 1 N–H and O–H groups in total. The SMILES string of the molecule is Cc1ccc(N(Cc2ccc(C(=O)NCCOc3ccccc3C(C)C)cc2)S(C)(=O)=O)cc1C. The maximum atomic E-state index is 12.5. The van der Waals surface area contributed by atoms with Crippen LogP contribution in [0.25, 0.3) is 0 Å². The molecule has 0 aliphatic carbocycles. The summed E-state index contributed by atoms with van der Waals surface area (Å²) in [6, 6.07) is 20.5. The van der Waals surface area contributed by atoms with Gasteiger partial charge in [-0.1, -0.05) is 50.2 Å². The average molecular weight is 495 g/mol. The van der Waals surface area contributed by atoms with Crippen molar-refractivity contribution in [2.75, 3.05) is 23.7 Å². The van der Waals surface area contributed by atoms with Crippen molar-refractivity contribution in [2.24, 2.45) is 0 Å². The fourth-order valence-corrected chi connectivity index (χ4v) is 4.60. The number of hydrogen-bond acceptors (Lipinski definition) is 4. The maximum absolute atomic E-state index is 12.5. The zero-order valence-corrected chi connectivity index (χ0v) is 21.9. The number of carbonyl (C=O) groups is 1. The van der Waals surface area contributed by atoms with Gasteiger partial charge in [0.25, 0.3) is 5.91 Å². The fourth-order valence-electron chi connectivity index (χ4n) is 3.72. The molecule has 35 heavy (non-hydrogen) atoms. The first-order valence-corrected chi connectivity index (χ1v) is 13.5. The van der Waals surface area contributed by atoms with Crippen molar-refractivity contribution in [1.82, 2.24) is 5.32 Å². The smallest absolute Gasteiger partial charge is 0.251 e. The number of nitrogens with zero attached hydrogens (tertiary/aromatic N) is 1. The van der Waals surface area contributed by atoms with Gasteiger partial charge in [0.2, 0.25) is 10.0 Å². The Kier molecular flexibility index (Phi) is 8.57. The zero-order chi connectivity index (χ0) is 25.6. The molecule has 0 aliphatic rings. The Morgan fingerprint density at radius 3 is 2.29 bits per heavy atom. The van der Waals surface area contributed by atoms with Crippen LogP contribution in [-0.2, 0) is 16.6 Å². The first-order valence-electron chi connectivity index (χ1n) is 11.7. The Labute approximate surface area is 209 Å². The Morgan fingerprint density at radius 1 is 0.971 bits per heavy atom. The van der Waals surface area contributed by atoms with E-state index in [4.69, 9.17) is 4.74 Å². The van der Waals surface area contributed by atoms with Gasteiger partial charge in [0, 0.05) is 5.56 Å². The molecule has 0 saturated carbocycles. The summed E-state index contributed by atoms with van der Waals surface area (Å²) in [7, 11) is -3.48. The van der Waals surface area contributed by atoms with Gasteiger partial charge in [-0.3, -0.25) is 9.10 Å². The van der Waals surface area contributed by atoms with Crippen LogP contribution in [0.3, 0.4) is 0 Å². The quantitative estimate of drug-likeness (QED) is 0.393. The van der Waals surface area contributed by atoms with Gasteiger partial charge in [0.15, 0.2) is 0 Å². The van der Waals surface area contributed by atoms with Crippen LogP contribution in [0, 0.1) is 13.8 Å². The second-order valence-corrected chi connectivity index (χ2v) is 10.9. The van der Waals surface area contributed by atoms with E-state index in [0.717, 1.165) is 28.0 Å². The van der Waals surface area contributed by atoms with Gasteiger partial charge in [-0.2, -0.15) is 0 Å². The van der Waals surface area contributed by atoms with Crippen molar-refractivity contribution in [2.45, 2.75) is 40.2 Å². The van der Waals surface area contributed by atoms with Crippen LogP contribution in [0.2, 0.25) is 0 Å². The van der Waals surface area contributed by atoms with Crippen molar-refractivity contribution in [3.8, 4) is 5.75 Å². The number of carbonyl (C=O) groups excluding carboxylic acids is 1. The number of benzene rings is 3. The number of rotatable bonds is 10. The minimum Gasteiger partial charge on any atom is -0.491 e. The highest BCUT2D eigenvalue weighted by Gasteiger charge is 2.18. The summed E-state index contributed by atoms with van der Waals surface area (Å²) in [5.74, 6) is 0.986. The van der Waals surface area contributed by atoms with Crippen LogP contribution in [0.15, 0.2) is 66.7 Å². The van der Waals surface area contributed by atoms with Crippen molar-refractivity contribution in [3.05, 3.63) is 94.5 Å². The average Bonchev–Trinajstić information content (AvgIpc) is 2.82. The van der Waals surface area contributed by atoms with Gasteiger partial charge in [0.1, 0.15) is 12.4 Å². The fraction of sp³-hybridized carbons (Fsp3) is 0.321. The third kappa shape index (κ3) is 7.09. The Hall–Kier alpha value is -3.32. The molecule has 0 atom stereocenters. The van der Waals surface area contributed by atoms with Gasteiger partial charge in [-0.25, -0.2) is 8.42 Å². The second-order valence-electron chi connectivity index (χ2n) is 9.03. The predicted octanol–water partition coefficient (Wildman–Crippen LogP) is 5.20. The Morgan fingerprint density at radius 2 is 1.66 bits per heavy atom. The molecule has 0 bridgehead atoms. The summed E-state index contributed by atoms with van der Waals surface area (Å²) >= 11 is 0. The largest absolute Gasteiger partial charge is 0.491 e. The van der Waals surface area contributed by atoms with Crippen molar-refractivity contribution in [1.29, 1.82) is 0 Å². The molecule has 0 heterocycles. The molecule has 0 saturated heterocycles. The highest BCUT2D eigenvalue weighted by atomic mass is 32.2. The number of aryl methyl sites for hydroxylation is 2. The summed E-state index contributed by atoms with van der Waals surface area (Å²) in [5, 5.41) is 2.87. The third-order valence-electron chi connectivity index (χ3n) is 5.91. The lowest BCUT2D eigenvalue weighted by Gasteiger charge is -2.23. The van der Waals surface area contributed by atoms with Gasteiger partial charge in [-0.05, 0) is 72.4 Å². The monoisotopic (exact) mass is 494 g/mol. The van der Waals surface area contributed by atoms with E-state index in [2.05, 4.69) is 19.2 Å². The van der Waals surface area contributed by atoms with E-state index < -0.39 is 10.0 Å². The van der Waals surface area contributed by atoms with Crippen molar-refractivity contribution >= 4 is 21.6 Å². The maximum Gasteiger partial charge on any atom is 0.251 e. The topological polar surface area (TPSA) is 75.7 Å². The molecule has 0 spiro atoms. The molecule has 0 unspecified atom stereocenters. The molecule has 3 aromatic carbocycles. The van der Waals surface area contributed by atoms with E-state index in [9.17, 15) is 13.2 Å². The lowest BCUT2D eigenvalue weighted by Crippen LogP contribution is -2.29. The van der Waals surface area contributed by atoms with Crippen molar-refractivity contribution < 1.29 is 17.9 Å². The number of ether oxygens (including phenoxy) is 1. The molecule has 3 aromatic rings. The minimum atomic E-state index is -3.48. The zero-order valence-electron chi connectivity index (χ0n) is 21.0. The van der Waals surface area contributed by atoms with Crippen LogP contribution < -0.4 is 14.4 Å². The molecule has 6 nitrogen and oxygen atoms in total. The molecule has 0 aliphatic heterocycles. The Bertz CT molecular complexity index is 1270. The van der Waals surface area contributed by atoms with Gasteiger partial charge >= 0.3 is 0 Å². The third-order valence-corrected chi connectivity index (χ3v) is 7.05. The Balaban J connectivity index is 1.59. The predicted molar refractivity (Wildman–Crippen MR) is 142 cm³/mol. The van der Waals surface area contributed by atoms with E-state index in [1.165, 1.54) is 10.6 Å². The summed E-state index contributed by atoms with van der Waals surface area (Å²) in [6.07, 6.45) is 1.20. The summed E-state index contributed by atoms with van der Waals surface area (Å²) < 4.78 is 32.2. The second kappa shape index (κ2) is 11.4. The number of para-hydroxylation sites is 1. The highest BCUT2D eigenvalue weighted by Crippen LogP contribution is 2.26. The first-order chi connectivity index (χ1) is 16.6. The van der Waals surface area contributed by atoms with Crippen LogP contribution >= 0.6 is 0 Å². The standard InChI is InChI=1S/C28H34N2O4S/c1-20(2)26-8-6-7-9-27(26)34-17-16-29-28(31)24-13-11-23(12-14-24)19-30(35(5,32)33)25-15-10-21(3)22(4)18-25/h6-15,18,20H,16-17,19H2,1-5H3,(H,29,31). The molecular weight excluding hydrogens is 460 g/mol. The van der Waals surface area contributed by atoms with E-state index in [0.29, 0.717) is 30.3 Å². The van der Waals surface area contributed by atoms with Gasteiger partial charge in [-0.15, -0.1) is 0 Å². The molecule has 0 aromatic heterocycles. The minimum absolute atomic E-state index is 0.187. The molecule has 1 amide bonds. The van der Waals surface area contributed by atoms with E-state index in [1.54, 1.807) is 24.3 Å². The normalized spacial score (nSPS) is 11.4. The summed E-state index contributed by atoms with van der Waals surface area (Å²) in [4.78, 5) is 12.5. The van der Waals surface area contributed by atoms with Crippen LogP contribution in [0.5, 0.6) is 5.75 Å². The lowest BCUT2D eigenvalue weighted by atomic mass is 10.0. The van der Waals surface area contributed by atoms with Crippen LogP contribution in [-0.4, -0.2) is 33.7 Å². The summed E-state index contributed by atoms with van der Waals surface area (Å²) in [5.41, 5.74) is 5.19. The van der Waals surface area contributed by atoms with E-state index >= 15 is 0 Å². The van der Waals surface area contributed by atoms with E-state index in [-0.39, 0.29) is 12.5 Å². The molecule has 186 valence electrons. The number of amides is 1. The molecule has 7 heteroatoms. The number of hydrogen-bond donors (Lipinski definition) is 1. The number of nitrogens with one attached hydrogen (secondary N) is 1. The number of anilines is 1. The van der Waals surface area contributed by atoms with Crippen LogP contribution in [0.4, 0.5) is 5.69 Å². The first kappa shape index (κ1) is 26.3. The molecule has 0 fully saturated rings. The molecule has 3 rings (SSSR count).